The number of carbonyl (C=O) groups is 1. The van der Waals surface area contributed by atoms with Crippen LogP contribution in [0.1, 0.15) is 27.0 Å². The number of hydrogen-bond acceptors (Lipinski definition) is 3. The molecule has 0 aromatic carbocycles. The van der Waals surface area contributed by atoms with Crippen LogP contribution >= 0.6 is 11.3 Å². The van der Waals surface area contributed by atoms with Crippen LogP contribution in [-0.2, 0) is 0 Å². The summed E-state index contributed by atoms with van der Waals surface area (Å²) in [5, 5.41) is 3.30. The minimum atomic E-state index is 0.190. The van der Waals surface area contributed by atoms with Gasteiger partial charge in [-0.15, -0.1) is 11.3 Å². The second-order valence-corrected chi connectivity index (χ2v) is 5.66. The topological polar surface area (TPSA) is 32.3 Å². The molecular formula is C12H18N2OS. The molecule has 2 heterocycles. The Morgan fingerprint density at radius 1 is 1.56 bits per heavy atom. The molecule has 1 N–H and O–H groups in total. The van der Waals surface area contributed by atoms with Gasteiger partial charge in [0.2, 0.25) is 0 Å². The van der Waals surface area contributed by atoms with E-state index in [2.05, 4.69) is 26.1 Å². The minimum Gasteiger partial charge on any atom is -0.333 e. The number of rotatable bonds is 1. The van der Waals surface area contributed by atoms with Crippen molar-refractivity contribution in [1.82, 2.24) is 10.2 Å². The van der Waals surface area contributed by atoms with Crippen LogP contribution in [0.4, 0.5) is 0 Å². The Bertz CT molecular complexity index is 380. The molecule has 0 spiro atoms. The van der Waals surface area contributed by atoms with E-state index < -0.39 is 0 Å². The van der Waals surface area contributed by atoms with Gasteiger partial charge in [-0.2, -0.15) is 0 Å². The van der Waals surface area contributed by atoms with Gasteiger partial charge in [0.15, 0.2) is 0 Å². The zero-order chi connectivity index (χ0) is 11.7. The summed E-state index contributed by atoms with van der Waals surface area (Å²) in [7, 11) is 0. The third-order valence-corrected chi connectivity index (χ3v) is 4.28. The van der Waals surface area contributed by atoms with E-state index in [1.165, 1.54) is 10.4 Å². The van der Waals surface area contributed by atoms with E-state index in [0.29, 0.717) is 6.04 Å². The maximum absolute atomic E-state index is 12.3. The van der Waals surface area contributed by atoms with E-state index in [1.54, 1.807) is 11.3 Å². The highest BCUT2D eigenvalue weighted by atomic mass is 32.1. The fourth-order valence-electron chi connectivity index (χ4n) is 1.96. The molecule has 3 nitrogen and oxygen atoms in total. The quantitative estimate of drug-likeness (QED) is 0.809. The minimum absolute atomic E-state index is 0.190. The summed E-state index contributed by atoms with van der Waals surface area (Å²) in [6, 6.07) is 2.31. The number of amides is 1. The van der Waals surface area contributed by atoms with Crippen molar-refractivity contribution < 1.29 is 4.79 Å². The van der Waals surface area contributed by atoms with Crippen LogP contribution < -0.4 is 5.32 Å². The molecule has 1 fully saturated rings. The van der Waals surface area contributed by atoms with Gasteiger partial charge < -0.3 is 10.2 Å². The van der Waals surface area contributed by atoms with E-state index in [1.807, 2.05) is 11.0 Å². The molecule has 1 aliphatic rings. The van der Waals surface area contributed by atoms with Gasteiger partial charge in [0, 0.05) is 30.6 Å². The molecule has 0 bridgehead atoms. The predicted molar refractivity (Wildman–Crippen MR) is 67.2 cm³/mol. The lowest BCUT2D eigenvalue weighted by Gasteiger charge is -2.33. The van der Waals surface area contributed by atoms with Crippen molar-refractivity contribution in [2.45, 2.75) is 26.8 Å². The molecule has 88 valence electrons. The van der Waals surface area contributed by atoms with E-state index in [9.17, 15) is 4.79 Å². The largest absolute Gasteiger partial charge is 0.333 e. The van der Waals surface area contributed by atoms with E-state index in [-0.39, 0.29) is 5.91 Å². The highest BCUT2D eigenvalue weighted by Gasteiger charge is 2.25. The summed E-state index contributed by atoms with van der Waals surface area (Å²) < 4.78 is 0. The lowest BCUT2D eigenvalue weighted by atomic mass is 10.2. The highest BCUT2D eigenvalue weighted by molar-refractivity contribution is 7.14. The molecule has 0 radical (unpaired) electrons. The first-order chi connectivity index (χ1) is 7.59. The predicted octanol–water partition coefficient (Wildman–Crippen LogP) is 1.80. The molecule has 0 aliphatic carbocycles. The average molecular weight is 238 g/mol. The SMILES string of the molecule is Cc1cc(C(=O)N2CCNC[C@@H]2C)sc1C. The number of nitrogens with one attached hydrogen (secondary N) is 1. The van der Waals surface area contributed by atoms with Crippen molar-refractivity contribution in [2.75, 3.05) is 19.6 Å². The standard InChI is InChI=1S/C12H18N2OS/c1-8-6-11(16-10(8)3)12(15)14-5-4-13-7-9(14)2/h6,9,13H,4-5,7H2,1-3H3/t9-/m0/s1. The zero-order valence-electron chi connectivity index (χ0n) is 10.0. The van der Waals surface area contributed by atoms with Crippen LogP contribution in [0.25, 0.3) is 0 Å². The number of piperazine rings is 1. The van der Waals surface area contributed by atoms with Gasteiger partial charge in [-0.3, -0.25) is 4.79 Å². The number of aryl methyl sites for hydroxylation is 2. The molecule has 4 heteroatoms. The lowest BCUT2D eigenvalue weighted by molar-refractivity contribution is 0.0661. The maximum Gasteiger partial charge on any atom is 0.264 e. The molecule has 1 aromatic heterocycles. The molecule has 1 aromatic rings. The zero-order valence-corrected chi connectivity index (χ0v) is 10.9. The van der Waals surface area contributed by atoms with Gasteiger partial charge in [0.1, 0.15) is 0 Å². The number of thiophene rings is 1. The van der Waals surface area contributed by atoms with Crippen LogP contribution in [0.5, 0.6) is 0 Å². The summed E-state index contributed by atoms with van der Waals surface area (Å²) in [5.41, 5.74) is 1.22. The second kappa shape index (κ2) is 4.55. The Morgan fingerprint density at radius 2 is 2.31 bits per heavy atom. The molecule has 2 rings (SSSR count). The van der Waals surface area contributed by atoms with Gasteiger partial charge in [0.05, 0.1) is 4.88 Å². The third-order valence-electron chi connectivity index (χ3n) is 3.14. The van der Waals surface area contributed by atoms with Crippen molar-refractivity contribution >= 4 is 17.2 Å². The molecule has 1 saturated heterocycles. The summed E-state index contributed by atoms with van der Waals surface area (Å²) in [5.74, 6) is 0.190. The Hall–Kier alpha value is -0.870. The van der Waals surface area contributed by atoms with Crippen molar-refractivity contribution in [1.29, 1.82) is 0 Å². The summed E-state index contributed by atoms with van der Waals surface area (Å²) in [6.07, 6.45) is 0. The summed E-state index contributed by atoms with van der Waals surface area (Å²) in [6.45, 7) is 8.84. The number of nitrogens with zero attached hydrogens (tertiary/aromatic N) is 1. The lowest BCUT2D eigenvalue weighted by Crippen LogP contribution is -2.52. The van der Waals surface area contributed by atoms with Gasteiger partial charge in [-0.1, -0.05) is 0 Å². The molecule has 1 aliphatic heterocycles. The van der Waals surface area contributed by atoms with Crippen LogP contribution in [-0.4, -0.2) is 36.5 Å². The smallest absolute Gasteiger partial charge is 0.264 e. The van der Waals surface area contributed by atoms with Gasteiger partial charge in [0.25, 0.3) is 5.91 Å². The Morgan fingerprint density at radius 3 is 2.88 bits per heavy atom. The van der Waals surface area contributed by atoms with Crippen LogP contribution in [0.2, 0.25) is 0 Å². The molecule has 0 unspecified atom stereocenters. The first-order valence-corrected chi connectivity index (χ1v) is 6.50. The molecule has 0 saturated carbocycles. The first kappa shape index (κ1) is 11.6. The number of hydrogen-bond donors (Lipinski definition) is 1. The molecule has 1 atom stereocenters. The molecular weight excluding hydrogens is 220 g/mol. The van der Waals surface area contributed by atoms with Gasteiger partial charge in [-0.25, -0.2) is 0 Å². The van der Waals surface area contributed by atoms with E-state index >= 15 is 0 Å². The average Bonchev–Trinajstić information content (AvgIpc) is 2.59. The Kier molecular flexibility index (Phi) is 3.30. The second-order valence-electron chi connectivity index (χ2n) is 4.40. The Labute approximate surface area is 100 Å². The monoisotopic (exact) mass is 238 g/mol. The fraction of sp³-hybridized carbons (Fsp3) is 0.583. The summed E-state index contributed by atoms with van der Waals surface area (Å²) >= 11 is 1.61. The molecule has 16 heavy (non-hydrogen) atoms. The highest BCUT2D eigenvalue weighted by Crippen LogP contribution is 2.23. The fourth-order valence-corrected chi connectivity index (χ4v) is 2.95. The van der Waals surface area contributed by atoms with Gasteiger partial charge >= 0.3 is 0 Å². The molecule has 1 amide bonds. The van der Waals surface area contributed by atoms with Crippen LogP contribution in [0, 0.1) is 13.8 Å². The van der Waals surface area contributed by atoms with Crippen LogP contribution in [0.3, 0.4) is 0 Å². The van der Waals surface area contributed by atoms with E-state index in [4.69, 9.17) is 0 Å². The van der Waals surface area contributed by atoms with Crippen molar-refractivity contribution in [3.05, 3.63) is 21.4 Å². The van der Waals surface area contributed by atoms with Crippen molar-refractivity contribution in [2.24, 2.45) is 0 Å². The van der Waals surface area contributed by atoms with Crippen molar-refractivity contribution in [3.8, 4) is 0 Å². The summed E-state index contributed by atoms with van der Waals surface area (Å²) in [4.78, 5) is 16.4. The first-order valence-electron chi connectivity index (χ1n) is 5.68. The van der Waals surface area contributed by atoms with E-state index in [0.717, 1.165) is 24.5 Å². The number of carbonyl (C=O) groups excluding carboxylic acids is 1. The maximum atomic E-state index is 12.3. The van der Waals surface area contributed by atoms with Crippen molar-refractivity contribution in [3.63, 3.8) is 0 Å². The Balaban J connectivity index is 2.17. The normalized spacial score (nSPS) is 21.2. The van der Waals surface area contributed by atoms with Crippen LogP contribution in [0.15, 0.2) is 6.07 Å². The van der Waals surface area contributed by atoms with Gasteiger partial charge in [-0.05, 0) is 32.4 Å². The third kappa shape index (κ3) is 2.13.